The van der Waals surface area contributed by atoms with Gasteiger partial charge in [-0.25, -0.2) is 0 Å². The van der Waals surface area contributed by atoms with Crippen molar-refractivity contribution < 1.29 is 57.5 Å². The minimum Gasteiger partial charge on any atom is -0.999 e. The van der Waals surface area contributed by atoms with Gasteiger partial charge in [-0.3, -0.25) is 6.42 Å². The summed E-state index contributed by atoms with van der Waals surface area (Å²) in [5.74, 6) is 0. The topological polar surface area (TPSA) is 49.0 Å². The second-order valence-corrected chi connectivity index (χ2v) is 3.31. The summed E-state index contributed by atoms with van der Waals surface area (Å²) < 4.78 is 91.0. The molecule has 126 valence electrons. The molecule has 1 aliphatic heterocycles. The molecule has 1 aromatic rings. The fourth-order valence-corrected chi connectivity index (χ4v) is 1.26. The number of halogens is 6. The van der Waals surface area contributed by atoms with Crippen LogP contribution in [0, 0.1) is 44.0 Å². The van der Waals surface area contributed by atoms with E-state index in [1.807, 2.05) is 0 Å². The fraction of sp³-hybridized carbons (Fsp3) is 0.385. The molecule has 0 N–H and O–H groups in total. The van der Waals surface area contributed by atoms with E-state index in [4.69, 9.17) is 9.30 Å². The van der Waals surface area contributed by atoms with Crippen LogP contribution in [0.1, 0.15) is 6.42 Å². The van der Waals surface area contributed by atoms with Crippen molar-refractivity contribution in [3.05, 3.63) is 50.1 Å². The van der Waals surface area contributed by atoms with Gasteiger partial charge in [0.2, 0.25) is 5.60 Å². The zero-order valence-electron chi connectivity index (χ0n) is 10.9. The first-order valence-corrected chi connectivity index (χ1v) is 5.03. The fourth-order valence-electron chi connectivity index (χ4n) is 1.26. The van der Waals surface area contributed by atoms with Crippen LogP contribution < -0.4 is 0 Å². The van der Waals surface area contributed by atoms with Crippen LogP contribution in [0.4, 0.5) is 26.3 Å². The summed E-state index contributed by atoms with van der Waals surface area (Å²) in [6.45, 7) is 8.37. The van der Waals surface area contributed by atoms with Crippen molar-refractivity contribution in [2.75, 3.05) is 6.61 Å². The molecular formula is C13H6F6FeO3. The SMILES string of the molecule is FC(F)(F)C1(C(F)(F)F)C[CH-]CO1.[C-]#[O+].[C-]#[O+].[Fe+6].[c-]1[c-][c-][cH-][c-]1. The van der Waals surface area contributed by atoms with Crippen molar-refractivity contribution in [3.8, 4) is 0 Å². The Morgan fingerprint density at radius 2 is 1.30 bits per heavy atom. The molecule has 0 saturated carbocycles. The summed E-state index contributed by atoms with van der Waals surface area (Å²) >= 11 is 0. The average Bonchev–Trinajstić information content (AvgIpc) is 3.16. The molecule has 23 heavy (non-hydrogen) atoms. The van der Waals surface area contributed by atoms with Gasteiger partial charge in [0.25, 0.3) is 0 Å². The average molecular weight is 380 g/mol. The van der Waals surface area contributed by atoms with E-state index in [1.165, 1.54) is 0 Å². The summed E-state index contributed by atoms with van der Waals surface area (Å²) in [5, 5.41) is 0. The Morgan fingerprint density at radius 3 is 1.43 bits per heavy atom. The predicted octanol–water partition coefficient (Wildman–Crippen LogP) is 3.00. The van der Waals surface area contributed by atoms with E-state index in [0.29, 0.717) is 0 Å². The van der Waals surface area contributed by atoms with Crippen LogP contribution in [-0.4, -0.2) is 24.6 Å². The Morgan fingerprint density at radius 1 is 0.913 bits per heavy atom. The van der Waals surface area contributed by atoms with E-state index in [1.54, 1.807) is 6.07 Å². The summed E-state index contributed by atoms with van der Waals surface area (Å²) in [5.41, 5.74) is -3.99. The number of rotatable bonds is 0. The minimum absolute atomic E-state index is 0. The molecular weight excluding hydrogens is 374 g/mol. The Kier molecular flexibility index (Phi) is 14.3. The summed E-state index contributed by atoms with van der Waals surface area (Å²) in [6, 6.07) is 12.0. The molecule has 1 aliphatic rings. The van der Waals surface area contributed by atoms with E-state index in [2.05, 4.69) is 42.3 Å². The molecule has 1 saturated heterocycles. The largest absolute Gasteiger partial charge is 6.00 e. The van der Waals surface area contributed by atoms with E-state index in [-0.39, 0.29) is 17.1 Å². The molecule has 1 fully saturated rings. The van der Waals surface area contributed by atoms with Crippen molar-refractivity contribution in [2.24, 2.45) is 0 Å². The maximum Gasteiger partial charge on any atom is 6.00 e. The van der Waals surface area contributed by atoms with Crippen molar-refractivity contribution in [1.29, 1.82) is 0 Å². The van der Waals surface area contributed by atoms with Gasteiger partial charge in [-0.1, -0.05) is 6.61 Å². The van der Waals surface area contributed by atoms with Crippen LogP contribution in [-0.2, 0) is 31.1 Å². The molecule has 0 atom stereocenters. The van der Waals surface area contributed by atoms with Gasteiger partial charge in [0, 0.05) is 0 Å². The van der Waals surface area contributed by atoms with Crippen LogP contribution in [0.2, 0.25) is 0 Å². The first kappa shape index (κ1) is 26.8. The molecule has 0 aliphatic carbocycles. The quantitative estimate of drug-likeness (QED) is 0.296. The molecule has 1 aromatic carbocycles. The Hall–Kier alpha value is -1.11. The molecule has 0 unspecified atom stereocenters. The minimum atomic E-state index is -5.42. The molecule has 3 nitrogen and oxygen atoms in total. The van der Waals surface area contributed by atoms with Gasteiger partial charge in [0.15, 0.2) is 0 Å². The second kappa shape index (κ2) is 12.3. The Bertz CT molecular complexity index is 377. The third kappa shape index (κ3) is 7.81. The molecule has 0 amide bonds. The first-order chi connectivity index (χ1) is 10.2. The maximum atomic E-state index is 12.0. The molecule has 2 rings (SSSR count). The summed E-state index contributed by atoms with van der Waals surface area (Å²) in [4.78, 5) is 0. The van der Waals surface area contributed by atoms with E-state index in [9.17, 15) is 26.3 Å². The smallest absolute Gasteiger partial charge is 0.999 e. The van der Waals surface area contributed by atoms with Gasteiger partial charge in [0.1, 0.15) is 0 Å². The zero-order chi connectivity index (χ0) is 17.9. The number of hydrogen-bond acceptors (Lipinski definition) is 1. The van der Waals surface area contributed by atoms with Crippen LogP contribution in [0.3, 0.4) is 0 Å². The second-order valence-electron chi connectivity index (χ2n) is 3.31. The van der Waals surface area contributed by atoms with Crippen LogP contribution in [0.5, 0.6) is 0 Å². The van der Waals surface area contributed by atoms with Gasteiger partial charge >= 0.3 is 52.0 Å². The maximum absolute atomic E-state index is 12.0. The third-order valence-electron chi connectivity index (χ3n) is 2.15. The van der Waals surface area contributed by atoms with Gasteiger partial charge in [0.05, 0.1) is 0 Å². The van der Waals surface area contributed by atoms with E-state index in [0.717, 1.165) is 6.42 Å². The van der Waals surface area contributed by atoms with Gasteiger partial charge in [-0.2, -0.15) is 26.3 Å². The molecule has 0 radical (unpaired) electrons. The van der Waals surface area contributed by atoms with Crippen molar-refractivity contribution in [1.82, 2.24) is 0 Å². The molecule has 10 heteroatoms. The van der Waals surface area contributed by atoms with Crippen molar-refractivity contribution >= 4 is 0 Å². The van der Waals surface area contributed by atoms with Crippen molar-refractivity contribution in [2.45, 2.75) is 24.4 Å². The molecule has 0 aromatic heterocycles. The van der Waals surface area contributed by atoms with Crippen LogP contribution >= 0.6 is 0 Å². The monoisotopic (exact) mass is 380 g/mol. The van der Waals surface area contributed by atoms with E-state index < -0.39 is 31.0 Å². The molecule has 0 bridgehead atoms. The van der Waals surface area contributed by atoms with Crippen molar-refractivity contribution in [3.63, 3.8) is 0 Å². The Balaban J connectivity index is -0.000000335. The third-order valence-corrected chi connectivity index (χ3v) is 2.15. The molecule has 1 heterocycles. The number of hydrogen-bond donors (Lipinski definition) is 0. The summed E-state index contributed by atoms with van der Waals surface area (Å²) in [6.07, 6.45) is -11.2. The summed E-state index contributed by atoms with van der Waals surface area (Å²) in [7, 11) is 0. The standard InChI is InChI=1S/C6H5F6O.C5H.2CO.Fe/c7-5(8,9)4(6(10,11)12)2-1-3-13-4;1-2-4-5-3-1;2*1-2;/h1H,2-3H2;1H;;;/q-1;-5;;;+6. The van der Waals surface area contributed by atoms with Crippen LogP contribution in [0.25, 0.3) is 0 Å². The number of ether oxygens (including phenoxy) is 1. The van der Waals surface area contributed by atoms with Gasteiger partial charge in [-0.05, 0) is 0 Å². The van der Waals surface area contributed by atoms with E-state index >= 15 is 0 Å². The zero-order valence-corrected chi connectivity index (χ0v) is 12.0. The normalized spacial score (nSPS) is 15.2. The van der Waals surface area contributed by atoms with Gasteiger partial charge < -0.3 is 35.1 Å². The predicted molar refractivity (Wildman–Crippen MR) is 54.9 cm³/mol. The van der Waals surface area contributed by atoms with Gasteiger partial charge in [-0.15, -0.1) is 6.42 Å². The van der Waals surface area contributed by atoms with Crippen LogP contribution in [0.15, 0.2) is 6.07 Å². The Labute approximate surface area is 139 Å². The molecule has 0 spiro atoms. The number of alkyl halides is 6. The first-order valence-electron chi connectivity index (χ1n) is 5.03.